The summed E-state index contributed by atoms with van der Waals surface area (Å²) in [6.07, 6.45) is 6.31. The van der Waals surface area contributed by atoms with Gasteiger partial charge in [0.15, 0.2) is 6.10 Å². The first-order valence-corrected chi connectivity index (χ1v) is 7.20. The number of amides is 2. The third kappa shape index (κ3) is 3.07. The summed E-state index contributed by atoms with van der Waals surface area (Å²) in [4.78, 5) is 23.6. The number of rotatable bonds is 3. The van der Waals surface area contributed by atoms with Gasteiger partial charge in [-0.15, -0.1) is 0 Å². The van der Waals surface area contributed by atoms with E-state index >= 15 is 0 Å². The molecule has 1 aliphatic heterocycles. The number of allylic oxidation sites excluding steroid dienone is 2. The third-order valence-electron chi connectivity index (χ3n) is 3.75. The summed E-state index contributed by atoms with van der Waals surface area (Å²) in [6.45, 7) is 1.70. The van der Waals surface area contributed by atoms with E-state index in [2.05, 4.69) is 22.8 Å². The maximum Gasteiger partial charge on any atom is 0.265 e. The van der Waals surface area contributed by atoms with Crippen molar-refractivity contribution in [3.8, 4) is 5.75 Å². The highest BCUT2D eigenvalue weighted by molar-refractivity contribution is 5.99. The number of carbonyl (C=O) groups is 2. The number of hydrogen-bond acceptors (Lipinski definition) is 3. The molecule has 1 aromatic carbocycles. The molecule has 2 atom stereocenters. The lowest BCUT2D eigenvalue weighted by Crippen LogP contribution is -2.34. The van der Waals surface area contributed by atoms with Crippen molar-refractivity contribution in [3.63, 3.8) is 0 Å². The van der Waals surface area contributed by atoms with Crippen molar-refractivity contribution in [1.29, 1.82) is 0 Å². The van der Waals surface area contributed by atoms with Crippen molar-refractivity contribution in [2.75, 3.05) is 10.6 Å². The smallest absolute Gasteiger partial charge is 0.265 e. The van der Waals surface area contributed by atoms with E-state index in [0.29, 0.717) is 29.5 Å². The molecule has 0 saturated carbocycles. The van der Waals surface area contributed by atoms with E-state index in [1.54, 1.807) is 25.1 Å². The van der Waals surface area contributed by atoms with Crippen LogP contribution < -0.4 is 15.4 Å². The molecular weight excluding hydrogens is 268 g/mol. The lowest BCUT2D eigenvalue weighted by Gasteiger charge is -2.23. The summed E-state index contributed by atoms with van der Waals surface area (Å²) in [5.74, 6) is 0.773. The number of anilines is 2. The molecule has 0 radical (unpaired) electrons. The molecule has 2 unspecified atom stereocenters. The molecule has 0 saturated heterocycles. The average Bonchev–Trinajstić information content (AvgIpc) is 2.93. The molecule has 3 rings (SSSR count). The van der Waals surface area contributed by atoms with Crippen molar-refractivity contribution in [3.05, 3.63) is 30.4 Å². The van der Waals surface area contributed by atoms with Crippen molar-refractivity contribution in [2.24, 2.45) is 5.92 Å². The molecule has 0 spiro atoms. The quantitative estimate of drug-likeness (QED) is 0.839. The van der Waals surface area contributed by atoms with Crippen molar-refractivity contribution in [2.45, 2.75) is 32.3 Å². The average molecular weight is 286 g/mol. The highest BCUT2D eigenvalue weighted by Gasteiger charge is 2.23. The second-order valence-electron chi connectivity index (χ2n) is 5.48. The van der Waals surface area contributed by atoms with E-state index in [1.807, 2.05) is 0 Å². The first kappa shape index (κ1) is 13.7. The van der Waals surface area contributed by atoms with E-state index in [-0.39, 0.29) is 11.8 Å². The van der Waals surface area contributed by atoms with Gasteiger partial charge in [-0.05, 0) is 43.9 Å². The Morgan fingerprint density at radius 2 is 2.33 bits per heavy atom. The van der Waals surface area contributed by atoms with Gasteiger partial charge in [0.2, 0.25) is 5.91 Å². The third-order valence-corrected chi connectivity index (χ3v) is 3.75. The van der Waals surface area contributed by atoms with Crippen LogP contribution in [-0.4, -0.2) is 17.9 Å². The number of ether oxygens (including phenoxy) is 1. The van der Waals surface area contributed by atoms with Gasteiger partial charge in [0.1, 0.15) is 5.75 Å². The van der Waals surface area contributed by atoms with Crippen LogP contribution in [0.5, 0.6) is 5.75 Å². The van der Waals surface area contributed by atoms with Crippen LogP contribution >= 0.6 is 0 Å². The molecule has 2 N–H and O–H groups in total. The lowest BCUT2D eigenvalue weighted by atomic mass is 10.0. The number of benzene rings is 1. The Balaban J connectivity index is 1.66. The Hall–Kier alpha value is -2.30. The Morgan fingerprint density at radius 3 is 3.10 bits per heavy atom. The largest absolute Gasteiger partial charge is 0.479 e. The van der Waals surface area contributed by atoms with Crippen LogP contribution in [0.4, 0.5) is 11.4 Å². The van der Waals surface area contributed by atoms with Gasteiger partial charge in [-0.1, -0.05) is 12.2 Å². The van der Waals surface area contributed by atoms with Gasteiger partial charge >= 0.3 is 0 Å². The minimum absolute atomic E-state index is 0.0112. The normalized spacial score (nSPS) is 23.2. The number of carbonyl (C=O) groups excluding carboxylic acids is 2. The van der Waals surface area contributed by atoms with E-state index in [4.69, 9.17) is 4.74 Å². The summed E-state index contributed by atoms with van der Waals surface area (Å²) in [5, 5.41) is 5.64. The fourth-order valence-electron chi connectivity index (χ4n) is 2.60. The first-order chi connectivity index (χ1) is 10.1. The van der Waals surface area contributed by atoms with Gasteiger partial charge in [-0.2, -0.15) is 0 Å². The van der Waals surface area contributed by atoms with Crippen LogP contribution in [0.25, 0.3) is 0 Å². The zero-order chi connectivity index (χ0) is 14.8. The minimum atomic E-state index is -0.493. The van der Waals surface area contributed by atoms with Crippen molar-refractivity contribution < 1.29 is 14.3 Å². The van der Waals surface area contributed by atoms with Crippen molar-refractivity contribution >= 4 is 23.2 Å². The maximum atomic E-state index is 12.0. The van der Waals surface area contributed by atoms with E-state index in [9.17, 15) is 9.59 Å². The minimum Gasteiger partial charge on any atom is -0.479 e. The second-order valence-corrected chi connectivity index (χ2v) is 5.48. The molecule has 5 nitrogen and oxygen atoms in total. The molecule has 0 bridgehead atoms. The summed E-state index contributed by atoms with van der Waals surface area (Å²) in [5.41, 5.74) is 1.26. The molecule has 2 amide bonds. The zero-order valence-electron chi connectivity index (χ0n) is 11.9. The standard InChI is InChI=1S/C16H18N2O3/c1-10-16(20)18-13-9-12(6-7-14(13)21-10)17-15(19)8-11-4-2-3-5-11/h2,4,6-7,9-11H,3,5,8H2,1H3,(H,17,19)(H,18,20). The van der Waals surface area contributed by atoms with Gasteiger partial charge in [0, 0.05) is 12.1 Å². The Bertz CT molecular complexity index is 610. The number of fused-ring (bicyclic) bond motifs is 1. The Labute approximate surface area is 123 Å². The van der Waals surface area contributed by atoms with Gasteiger partial charge in [-0.3, -0.25) is 9.59 Å². The second kappa shape index (κ2) is 5.60. The molecule has 1 aromatic rings. The van der Waals surface area contributed by atoms with Crippen LogP contribution in [0.3, 0.4) is 0 Å². The summed E-state index contributed by atoms with van der Waals surface area (Å²) in [7, 11) is 0. The molecule has 110 valence electrons. The van der Waals surface area contributed by atoms with Gasteiger partial charge in [-0.25, -0.2) is 0 Å². The van der Waals surface area contributed by atoms with E-state index < -0.39 is 6.10 Å². The first-order valence-electron chi connectivity index (χ1n) is 7.20. The zero-order valence-corrected chi connectivity index (χ0v) is 11.9. The molecule has 0 aromatic heterocycles. The fraction of sp³-hybridized carbons (Fsp3) is 0.375. The van der Waals surface area contributed by atoms with Crippen LogP contribution in [0, 0.1) is 5.92 Å². The maximum absolute atomic E-state index is 12.0. The molecule has 2 aliphatic rings. The topological polar surface area (TPSA) is 67.4 Å². The predicted octanol–water partition coefficient (Wildman–Crippen LogP) is 2.70. The highest BCUT2D eigenvalue weighted by Crippen LogP contribution is 2.32. The van der Waals surface area contributed by atoms with E-state index in [0.717, 1.165) is 12.8 Å². The molecule has 1 heterocycles. The monoisotopic (exact) mass is 286 g/mol. The molecule has 21 heavy (non-hydrogen) atoms. The van der Waals surface area contributed by atoms with Crippen LogP contribution in [-0.2, 0) is 9.59 Å². The summed E-state index contributed by atoms with van der Waals surface area (Å²) >= 11 is 0. The molecule has 5 heteroatoms. The number of hydrogen-bond donors (Lipinski definition) is 2. The highest BCUT2D eigenvalue weighted by atomic mass is 16.5. The Morgan fingerprint density at radius 1 is 1.48 bits per heavy atom. The SMILES string of the molecule is CC1Oc2ccc(NC(=O)CC3C=CCC3)cc2NC1=O. The van der Waals surface area contributed by atoms with Gasteiger partial charge in [0.05, 0.1) is 5.69 Å². The van der Waals surface area contributed by atoms with Gasteiger partial charge in [0.25, 0.3) is 5.91 Å². The molecule has 0 fully saturated rings. The summed E-state index contributed by atoms with van der Waals surface area (Å²) < 4.78 is 5.48. The van der Waals surface area contributed by atoms with Crippen LogP contribution in [0.1, 0.15) is 26.2 Å². The summed E-state index contributed by atoms with van der Waals surface area (Å²) in [6, 6.07) is 5.27. The van der Waals surface area contributed by atoms with Crippen LogP contribution in [0.15, 0.2) is 30.4 Å². The predicted molar refractivity (Wildman–Crippen MR) is 80.3 cm³/mol. The van der Waals surface area contributed by atoms with Crippen molar-refractivity contribution in [1.82, 2.24) is 0 Å². The molecule has 1 aliphatic carbocycles. The fourth-order valence-corrected chi connectivity index (χ4v) is 2.60. The van der Waals surface area contributed by atoms with Gasteiger partial charge < -0.3 is 15.4 Å². The lowest BCUT2D eigenvalue weighted by molar-refractivity contribution is -0.122. The van der Waals surface area contributed by atoms with E-state index in [1.165, 1.54) is 0 Å². The molecular formula is C16H18N2O3. The van der Waals surface area contributed by atoms with Crippen LogP contribution in [0.2, 0.25) is 0 Å². The number of nitrogens with one attached hydrogen (secondary N) is 2. The Kier molecular flexibility index (Phi) is 3.64.